The molecule has 0 radical (unpaired) electrons. The van der Waals surface area contributed by atoms with E-state index in [9.17, 15) is 0 Å². The first kappa shape index (κ1) is 29.4. The molecule has 0 aliphatic heterocycles. The molecule has 0 amide bonds. The number of hydrogen-bond donors (Lipinski definition) is 0. The third-order valence-corrected chi connectivity index (χ3v) is 8.52. The number of methoxy groups -OCH3 is 1. The van der Waals surface area contributed by atoms with Crippen molar-refractivity contribution < 1.29 is 9.47 Å². The standard InChI is InChI=1S/C40H38N4O2/c1-27-10-8-11-28(18-20-40(2,3)4)39(27)29-25-42-43(26-29)30-12-9-13-32(22-30)46-33-16-17-35-34-14-6-7-15-36(34)44(37(35)23-33)38-24-31(45-5)19-21-41-38/h6-17,19,21-26H,18,20H2,1-5H3. The van der Waals surface area contributed by atoms with Gasteiger partial charge >= 0.3 is 0 Å². The fourth-order valence-corrected chi connectivity index (χ4v) is 6.19. The predicted molar refractivity (Wildman–Crippen MR) is 187 cm³/mol. The normalized spacial score (nSPS) is 11.8. The summed E-state index contributed by atoms with van der Waals surface area (Å²) < 4.78 is 16.1. The van der Waals surface area contributed by atoms with Crippen LogP contribution in [0.25, 0.3) is 44.4 Å². The average Bonchev–Trinajstić information content (AvgIpc) is 3.67. The Labute approximate surface area is 269 Å². The summed E-state index contributed by atoms with van der Waals surface area (Å²) in [7, 11) is 1.67. The first-order chi connectivity index (χ1) is 22.3. The molecule has 0 aliphatic rings. The highest BCUT2D eigenvalue weighted by atomic mass is 16.5. The smallest absolute Gasteiger partial charge is 0.141 e. The Hall–Kier alpha value is -5.36. The number of ether oxygens (including phenoxy) is 2. The molecule has 46 heavy (non-hydrogen) atoms. The summed E-state index contributed by atoms with van der Waals surface area (Å²) >= 11 is 0. The lowest BCUT2D eigenvalue weighted by molar-refractivity contribution is 0.378. The molecule has 0 fully saturated rings. The molecular formula is C40H38N4O2. The summed E-state index contributed by atoms with van der Waals surface area (Å²) in [6.45, 7) is 9.07. The molecule has 7 aromatic rings. The quantitative estimate of drug-likeness (QED) is 0.173. The van der Waals surface area contributed by atoms with Crippen LogP contribution in [-0.2, 0) is 6.42 Å². The molecular weight excluding hydrogens is 568 g/mol. The molecule has 3 heterocycles. The van der Waals surface area contributed by atoms with E-state index in [1.165, 1.54) is 16.7 Å². The fourth-order valence-electron chi connectivity index (χ4n) is 6.19. The van der Waals surface area contributed by atoms with Crippen molar-refractivity contribution in [2.75, 3.05) is 7.11 Å². The van der Waals surface area contributed by atoms with Crippen LogP contribution in [0, 0.1) is 12.3 Å². The Morgan fingerprint density at radius 2 is 1.57 bits per heavy atom. The molecule has 230 valence electrons. The van der Waals surface area contributed by atoms with Crippen molar-refractivity contribution in [2.45, 2.75) is 40.5 Å². The third kappa shape index (κ3) is 5.74. The van der Waals surface area contributed by atoms with Crippen LogP contribution >= 0.6 is 0 Å². The first-order valence-electron chi connectivity index (χ1n) is 15.7. The minimum atomic E-state index is 0.277. The second kappa shape index (κ2) is 11.9. The van der Waals surface area contributed by atoms with Crippen LogP contribution in [0.1, 0.15) is 38.3 Å². The van der Waals surface area contributed by atoms with Crippen LogP contribution in [0.3, 0.4) is 0 Å². The van der Waals surface area contributed by atoms with Crippen molar-refractivity contribution >= 4 is 21.8 Å². The molecule has 0 spiro atoms. The molecule has 0 atom stereocenters. The van der Waals surface area contributed by atoms with Gasteiger partial charge in [-0.1, -0.05) is 63.2 Å². The zero-order valence-corrected chi connectivity index (χ0v) is 27.0. The lowest BCUT2D eigenvalue weighted by Crippen LogP contribution is -2.07. The minimum Gasteiger partial charge on any atom is -0.497 e. The highest BCUT2D eigenvalue weighted by molar-refractivity contribution is 6.09. The van der Waals surface area contributed by atoms with E-state index in [2.05, 4.69) is 98.0 Å². The van der Waals surface area contributed by atoms with Crippen LogP contribution in [0.2, 0.25) is 0 Å². The Morgan fingerprint density at radius 1 is 0.761 bits per heavy atom. The van der Waals surface area contributed by atoms with Gasteiger partial charge in [0, 0.05) is 46.9 Å². The number of para-hydroxylation sites is 1. The van der Waals surface area contributed by atoms with Crippen molar-refractivity contribution in [1.82, 2.24) is 19.3 Å². The number of benzene rings is 4. The molecule has 0 bridgehead atoms. The van der Waals surface area contributed by atoms with Crippen molar-refractivity contribution in [3.05, 3.63) is 127 Å². The highest BCUT2D eigenvalue weighted by Gasteiger charge is 2.17. The number of nitrogens with zero attached hydrogens (tertiary/aromatic N) is 4. The molecule has 0 saturated heterocycles. The number of aromatic nitrogens is 4. The van der Waals surface area contributed by atoms with Crippen LogP contribution in [0.4, 0.5) is 0 Å². The number of aryl methyl sites for hydroxylation is 2. The zero-order chi connectivity index (χ0) is 31.8. The van der Waals surface area contributed by atoms with E-state index in [1.807, 2.05) is 53.3 Å². The van der Waals surface area contributed by atoms with Gasteiger partial charge in [-0.3, -0.25) is 4.57 Å². The molecule has 7 rings (SSSR count). The van der Waals surface area contributed by atoms with Crippen LogP contribution in [-0.4, -0.2) is 26.4 Å². The van der Waals surface area contributed by atoms with Gasteiger partial charge in [0.15, 0.2) is 0 Å². The summed E-state index contributed by atoms with van der Waals surface area (Å²) in [6.07, 6.45) is 8.02. The summed E-state index contributed by atoms with van der Waals surface area (Å²) in [5.41, 5.74) is 8.32. The van der Waals surface area contributed by atoms with Crippen LogP contribution < -0.4 is 9.47 Å². The Balaban J connectivity index is 1.21. The van der Waals surface area contributed by atoms with E-state index in [4.69, 9.17) is 14.6 Å². The van der Waals surface area contributed by atoms with Crippen molar-refractivity contribution in [2.24, 2.45) is 5.41 Å². The lowest BCUT2D eigenvalue weighted by atomic mass is 9.86. The van der Waals surface area contributed by atoms with Gasteiger partial charge in [0.1, 0.15) is 23.1 Å². The first-order valence-corrected chi connectivity index (χ1v) is 15.7. The molecule has 0 N–H and O–H groups in total. The lowest BCUT2D eigenvalue weighted by Gasteiger charge is -2.19. The second-order valence-corrected chi connectivity index (χ2v) is 13.0. The van der Waals surface area contributed by atoms with Crippen molar-refractivity contribution in [1.29, 1.82) is 0 Å². The molecule has 6 heteroatoms. The van der Waals surface area contributed by atoms with Gasteiger partial charge < -0.3 is 9.47 Å². The Bertz CT molecular complexity index is 2180. The number of pyridine rings is 1. The minimum absolute atomic E-state index is 0.277. The zero-order valence-electron chi connectivity index (χ0n) is 27.0. The largest absolute Gasteiger partial charge is 0.497 e. The van der Waals surface area contributed by atoms with Gasteiger partial charge in [0.05, 0.1) is 30.0 Å². The number of rotatable bonds is 8. The summed E-state index contributed by atoms with van der Waals surface area (Å²) in [5.74, 6) is 3.01. The Kier molecular flexibility index (Phi) is 7.57. The number of hydrogen-bond acceptors (Lipinski definition) is 4. The highest BCUT2D eigenvalue weighted by Crippen LogP contribution is 2.36. The predicted octanol–water partition coefficient (Wildman–Crippen LogP) is 10.1. The van der Waals surface area contributed by atoms with Gasteiger partial charge in [-0.25, -0.2) is 9.67 Å². The van der Waals surface area contributed by atoms with E-state index in [1.54, 1.807) is 13.3 Å². The SMILES string of the molecule is COc1ccnc(-n2c3ccccc3c3ccc(Oc4cccc(-n5cc(-c6c(C)cccc6CCC(C)(C)C)cn5)c4)cc32)c1. The van der Waals surface area contributed by atoms with E-state index in [0.29, 0.717) is 0 Å². The molecule has 4 aromatic carbocycles. The van der Waals surface area contributed by atoms with E-state index < -0.39 is 0 Å². The summed E-state index contributed by atoms with van der Waals surface area (Å²) in [6, 6.07) is 33.0. The van der Waals surface area contributed by atoms with Crippen molar-refractivity contribution in [3.8, 4) is 39.9 Å². The molecule has 0 aliphatic carbocycles. The van der Waals surface area contributed by atoms with Crippen molar-refractivity contribution in [3.63, 3.8) is 0 Å². The maximum absolute atomic E-state index is 6.47. The van der Waals surface area contributed by atoms with E-state index in [-0.39, 0.29) is 5.41 Å². The van der Waals surface area contributed by atoms with Gasteiger partial charge in [-0.15, -0.1) is 0 Å². The average molecular weight is 607 g/mol. The Morgan fingerprint density at radius 3 is 2.41 bits per heavy atom. The molecule has 6 nitrogen and oxygen atoms in total. The third-order valence-electron chi connectivity index (χ3n) is 8.52. The van der Waals surface area contributed by atoms with E-state index >= 15 is 0 Å². The fraction of sp³-hybridized carbons (Fsp3) is 0.200. The summed E-state index contributed by atoms with van der Waals surface area (Å²) in [5, 5.41) is 7.05. The van der Waals surface area contributed by atoms with E-state index in [0.717, 1.165) is 69.0 Å². The van der Waals surface area contributed by atoms with Gasteiger partial charge in [0.2, 0.25) is 0 Å². The van der Waals surface area contributed by atoms with Gasteiger partial charge in [-0.05, 0) is 78.3 Å². The monoisotopic (exact) mass is 606 g/mol. The topological polar surface area (TPSA) is 54.1 Å². The molecule has 0 saturated carbocycles. The summed E-state index contributed by atoms with van der Waals surface area (Å²) in [4.78, 5) is 4.68. The number of fused-ring (bicyclic) bond motifs is 3. The molecule has 3 aromatic heterocycles. The van der Waals surface area contributed by atoms with Crippen LogP contribution in [0.15, 0.2) is 116 Å². The maximum atomic E-state index is 6.47. The molecule has 0 unspecified atom stereocenters. The maximum Gasteiger partial charge on any atom is 0.141 e. The van der Waals surface area contributed by atoms with Gasteiger partial charge in [0.25, 0.3) is 0 Å². The van der Waals surface area contributed by atoms with Gasteiger partial charge in [-0.2, -0.15) is 5.10 Å². The second-order valence-electron chi connectivity index (χ2n) is 13.0. The van der Waals surface area contributed by atoms with Crippen LogP contribution in [0.5, 0.6) is 17.2 Å².